The van der Waals surface area contributed by atoms with E-state index in [9.17, 15) is 4.79 Å². The van der Waals surface area contributed by atoms with E-state index < -0.39 is 5.91 Å². The molecule has 1 aliphatic rings. The predicted molar refractivity (Wildman–Crippen MR) is 109 cm³/mol. The second-order valence-electron chi connectivity index (χ2n) is 6.84. The third-order valence-corrected chi connectivity index (χ3v) is 4.87. The van der Waals surface area contributed by atoms with Crippen molar-refractivity contribution < 1.29 is 4.79 Å². The van der Waals surface area contributed by atoms with Gasteiger partial charge >= 0.3 is 0 Å². The smallest absolute Gasteiger partial charge is 0.254 e. The van der Waals surface area contributed by atoms with Crippen LogP contribution in [0.25, 0.3) is 5.69 Å². The summed E-state index contributed by atoms with van der Waals surface area (Å²) in [7, 11) is 0. The normalized spacial score (nSPS) is 16.7. The van der Waals surface area contributed by atoms with Gasteiger partial charge in [0.15, 0.2) is 0 Å². The molecular weight excluding hydrogens is 370 g/mol. The van der Waals surface area contributed by atoms with Crippen LogP contribution in [0.15, 0.2) is 42.9 Å². The second kappa shape index (κ2) is 8.23. The van der Waals surface area contributed by atoms with Gasteiger partial charge in [-0.05, 0) is 31.2 Å². The van der Waals surface area contributed by atoms with Gasteiger partial charge in [0.05, 0.1) is 18.1 Å². The van der Waals surface area contributed by atoms with Crippen molar-refractivity contribution in [1.82, 2.24) is 29.9 Å². The topological polar surface area (TPSA) is 127 Å². The maximum Gasteiger partial charge on any atom is 0.254 e. The van der Waals surface area contributed by atoms with E-state index in [0.29, 0.717) is 11.8 Å². The maximum absolute atomic E-state index is 11.9. The van der Waals surface area contributed by atoms with E-state index in [2.05, 4.69) is 42.6 Å². The van der Waals surface area contributed by atoms with Gasteiger partial charge in [-0.15, -0.1) is 0 Å². The fraction of sp³-hybridized carbons (Fsp3) is 0.316. The minimum Gasteiger partial charge on any atom is -0.365 e. The van der Waals surface area contributed by atoms with Crippen LogP contribution in [0, 0.1) is 0 Å². The predicted octanol–water partition coefficient (Wildman–Crippen LogP) is 1.41. The Morgan fingerprint density at radius 1 is 1.31 bits per heavy atom. The lowest BCUT2D eigenvalue weighted by molar-refractivity contribution is 0.100. The second-order valence-corrected chi connectivity index (χ2v) is 6.84. The molecule has 1 fully saturated rings. The zero-order valence-electron chi connectivity index (χ0n) is 16.1. The van der Waals surface area contributed by atoms with Crippen LogP contribution < -0.4 is 16.4 Å². The van der Waals surface area contributed by atoms with Crippen molar-refractivity contribution in [2.75, 3.05) is 30.3 Å². The van der Waals surface area contributed by atoms with Crippen molar-refractivity contribution in [1.29, 1.82) is 0 Å². The third kappa shape index (κ3) is 4.32. The highest BCUT2D eigenvalue weighted by Crippen LogP contribution is 2.22. The van der Waals surface area contributed by atoms with Crippen molar-refractivity contribution in [2.45, 2.75) is 19.4 Å². The molecule has 10 heteroatoms. The molecule has 0 bridgehead atoms. The SMILES string of the molecule is CCN1CCC(Nc2ncc(C(N)=O)c(Nc3cccc(-n4nccn4)c3)n2)C1. The molecule has 1 aromatic carbocycles. The highest BCUT2D eigenvalue weighted by molar-refractivity contribution is 5.98. The minimum absolute atomic E-state index is 0.222. The third-order valence-electron chi connectivity index (χ3n) is 4.87. The maximum atomic E-state index is 11.9. The fourth-order valence-electron chi connectivity index (χ4n) is 3.34. The lowest BCUT2D eigenvalue weighted by atomic mass is 10.2. The van der Waals surface area contributed by atoms with Crippen molar-refractivity contribution in [3.05, 3.63) is 48.4 Å². The summed E-state index contributed by atoms with van der Waals surface area (Å²) >= 11 is 0. The molecule has 150 valence electrons. The van der Waals surface area contributed by atoms with Crippen LogP contribution in [-0.2, 0) is 0 Å². The number of nitrogens with one attached hydrogen (secondary N) is 2. The van der Waals surface area contributed by atoms with Gasteiger partial charge in [-0.3, -0.25) is 4.79 Å². The average molecular weight is 393 g/mol. The number of benzene rings is 1. The Balaban J connectivity index is 1.57. The van der Waals surface area contributed by atoms with Gasteiger partial charge in [0.25, 0.3) is 5.91 Å². The van der Waals surface area contributed by atoms with Gasteiger partial charge in [0.1, 0.15) is 11.4 Å². The molecule has 0 spiro atoms. The molecular formula is C19H23N9O. The van der Waals surface area contributed by atoms with E-state index in [4.69, 9.17) is 5.73 Å². The molecule has 1 unspecified atom stereocenters. The Morgan fingerprint density at radius 3 is 2.86 bits per heavy atom. The first kappa shape index (κ1) is 18.8. The average Bonchev–Trinajstić information content (AvgIpc) is 3.40. The van der Waals surface area contributed by atoms with E-state index in [1.165, 1.54) is 11.0 Å². The number of rotatable bonds is 7. The lowest BCUT2D eigenvalue weighted by Crippen LogP contribution is -2.27. The van der Waals surface area contributed by atoms with Crippen LogP contribution in [0.5, 0.6) is 0 Å². The first-order valence-corrected chi connectivity index (χ1v) is 9.52. The molecule has 0 radical (unpaired) electrons. The number of hydrogen-bond acceptors (Lipinski definition) is 8. The van der Waals surface area contributed by atoms with Gasteiger partial charge in [0, 0.05) is 31.0 Å². The number of amides is 1. The number of aromatic nitrogens is 5. The molecule has 10 nitrogen and oxygen atoms in total. The Hall–Kier alpha value is -3.53. The number of primary amides is 1. The number of carbonyl (C=O) groups is 1. The largest absolute Gasteiger partial charge is 0.365 e. The van der Waals surface area contributed by atoms with Crippen molar-refractivity contribution >= 4 is 23.4 Å². The zero-order chi connectivity index (χ0) is 20.2. The summed E-state index contributed by atoms with van der Waals surface area (Å²) < 4.78 is 0. The first-order chi connectivity index (χ1) is 14.1. The summed E-state index contributed by atoms with van der Waals surface area (Å²) in [6, 6.07) is 7.74. The van der Waals surface area contributed by atoms with Crippen molar-refractivity contribution in [3.8, 4) is 5.69 Å². The molecule has 4 N–H and O–H groups in total. The van der Waals surface area contributed by atoms with E-state index in [-0.39, 0.29) is 11.6 Å². The summed E-state index contributed by atoms with van der Waals surface area (Å²) in [4.78, 5) is 24.5. The Morgan fingerprint density at radius 2 is 2.14 bits per heavy atom. The highest BCUT2D eigenvalue weighted by Gasteiger charge is 2.22. The van der Waals surface area contributed by atoms with Crippen LogP contribution in [0.3, 0.4) is 0 Å². The fourth-order valence-corrected chi connectivity index (χ4v) is 3.34. The number of likely N-dealkylation sites (N-methyl/N-ethyl adjacent to an activating group) is 1. The van der Waals surface area contributed by atoms with Crippen LogP contribution in [0.1, 0.15) is 23.7 Å². The van der Waals surface area contributed by atoms with Gasteiger partial charge in [-0.1, -0.05) is 13.0 Å². The summed E-state index contributed by atoms with van der Waals surface area (Å²) in [5, 5.41) is 14.8. The molecule has 1 saturated heterocycles. The van der Waals surface area contributed by atoms with E-state index in [1.54, 1.807) is 12.4 Å². The number of carbonyl (C=O) groups excluding carboxylic acids is 1. The molecule has 1 aliphatic heterocycles. The lowest BCUT2D eigenvalue weighted by Gasteiger charge is -2.16. The molecule has 4 rings (SSSR count). The number of nitrogens with zero attached hydrogens (tertiary/aromatic N) is 6. The Kier molecular flexibility index (Phi) is 5.34. The van der Waals surface area contributed by atoms with Crippen LogP contribution in [0.4, 0.5) is 17.5 Å². The molecule has 0 aliphatic carbocycles. The zero-order valence-corrected chi connectivity index (χ0v) is 16.1. The minimum atomic E-state index is -0.595. The van der Waals surface area contributed by atoms with Crippen LogP contribution in [-0.4, -0.2) is 61.4 Å². The van der Waals surface area contributed by atoms with Crippen LogP contribution >= 0.6 is 0 Å². The number of likely N-dealkylation sites (tertiary alicyclic amines) is 1. The van der Waals surface area contributed by atoms with Crippen molar-refractivity contribution in [3.63, 3.8) is 0 Å². The molecule has 2 aromatic heterocycles. The molecule has 0 saturated carbocycles. The summed E-state index contributed by atoms with van der Waals surface area (Å²) in [6.45, 7) is 5.16. The summed E-state index contributed by atoms with van der Waals surface area (Å²) in [5.41, 5.74) is 7.24. The molecule has 1 atom stereocenters. The Labute approximate surface area is 168 Å². The first-order valence-electron chi connectivity index (χ1n) is 9.52. The van der Waals surface area contributed by atoms with Crippen molar-refractivity contribution in [2.24, 2.45) is 5.73 Å². The summed E-state index contributed by atoms with van der Waals surface area (Å²) in [6.07, 6.45) is 5.69. The molecule has 1 amide bonds. The van der Waals surface area contributed by atoms with Crippen LogP contribution in [0.2, 0.25) is 0 Å². The molecule has 3 aromatic rings. The summed E-state index contributed by atoms with van der Waals surface area (Å²) in [5.74, 6) is 0.221. The number of anilines is 3. The molecule has 3 heterocycles. The highest BCUT2D eigenvalue weighted by atomic mass is 16.1. The van der Waals surface area contributed by atoms with Gasteiger partial charge in [-0.2, -0.15) is 20.0 Å². The number of nitrogens with two attached hydrogens (primary N) is 1. The quantitative estimate of drug-likeness (QED) is 0.550. The van der Waals surface area contributed by atoms with Gasteiger partial charge < -0.3 is 21.3 Å². The van der Waals surface area contributed by atoms with E-state index in [0.717, 1.165) is 37.4 Å². The number of hydrogen-bond donors (Lipinski definition) is 3. The van der Waals surface area contributed by atoms with Gasteiger partial charge in [-0.25, -0.2) is 4.98 Å². The standard InChI is InChI=1S/C19H23N9O/c1-2-27-9-6-14(12-27)25-19-21-11-16(17(20)29)18(26-19)24-13-4-3-5-15(10-13)28-22-7-8-23-28/h3-5,7-8,10-11,14H,2,6,9,12H2,1H3,(H2,20,29)(H2,21,24,25,26). The van der Waals surface area contributed by atoms with E-state index in [1.807, 2.05) is 24.3 Å². The molecule has 29 heavy (non-hydrogen) atoms. The van der Waals surface area contributed by atoms with E-state index >= 15 is 0 Å². The Bertz CT molecular complexity index is 989. The van der Waals surface area contributed by atoms with Gasteiger partial charge in [0.2, 0.25) is 5.95 Å². The monoisotopic (exact) mass is 393 g/mol.